The lowest BCUT2D eigenvalue weighted by Gasteiger charge is -2.60. The molecule has 4 rings (SSSR count). The second kappa shape index (κ2) is 6.27. The fourth-order valence-electron chi connectivity index (χ4n) is 8.05. The van der Waals surface area contributed by atoms with Crippen molar-refractivity contribution in [3.63, 3.8) is 0 Å². The summed E-state index contributed by atoms with van der Waals surface area (Å²) in [7, 11) is 0. The summed E-state index contributed by atoms with van der Waals surface area (Å²) in [6.07, 6.45) is 8.19. The number of carbonyl (C=O) groups is 3. The first-order chi connectivity index (χ1) is 13.0. The molecule has 0 aliphatic heterocycles. The molecule has 0 aromatic carbocycles. The van der Waals surface area contributed by atoms with Crippen molar-refractivity contribution in [2.45, 2.75) is 85.2 Å². The van der Waals surface area contributed by atoms with Gasteiger partial charge in [0.25, 0.3) is 0 Å². The number of hydrogen-bond donors (Lipinski definition) is 0. The van der Waals surface area contributed by atoms with Gasteiger partial charge in [-0.3, -0.25) is 14.4 Å². The van der Waals surface area contributed by atoms with Gasteiger partial charge in [-0.1, -0.05) is 26.3 Å². The van der Waals surface area contributed by atoms with Gasteiger partial charge in [0.15, 0.2) is 17.2 Å². The Kier molecular flexibility index (Phi) is 4.45. The monoisotopic (exact) mass is 386 g/mol. The molecule has 3 fully saturated rings. The summed E-state index contributed by atoms with van der Waals surface area (Å²) in [4.78, 5) is 36.8. The van der Waals surface area contributed by atoms with Gasteiger partial charge in [-0.05, 0) is 80.6 Å². The molecule has 0 aromatic rings. The third-order valence-electron chi connectivity index (χ3n) is 9.29. The van der Waals surface area contributed by atoms with Gasteiger partial charge in [-0.15, -0.1) is 0 Å². The largest absolute Gasteiger partial charge is 0.451 e. The lowest BCUT2D eigenvalue weighted by molar-refractivity contribution is -0.187. The second-order valence-corrected chi connectivity index (χ2v) is 10.5. The van der Waals surface area contributed by atoms with Gasteiger partial charge in [-0.25, -0.2) is 0 Å². The fourth-order valence-corrected chi connectivity index (χ4v) is 8.05. The number of ether oxygens (including phenoxy) is 1. The van der Waals surface area contributed by atoms with Crippen LogP contribution in [0.25, 0.3) is 0 Å². The van der Waals surface area contributed by atoms with Crippen LogP contribution in [-0.4, -0.2) is 23.1 Å². The quantitative estimate of drug-likeness (QED) is 0.648. The van der Waals surface area contributed by atoms with E-state index < -0.39 is 5.60 Å². The predicted molar refractivity (Wildman–Crippen MR) is 106 cm³/mol. The minimum absolute atomic E-state index is 0.00469. The minimum Gasteiger partial charge on any atom is -0.451 e. The van der Waals surface area contributed by atoms with E-state index in [1.165, 1.54) is 12.5 Å². The van der Waals surface area contributed by atoms with E-state index in [2.05, 4.69) is 20.8 Å². The van der Waals surface area contributed by atoms with Crippen LogP contribution in [0, 0.1) is 34.5 Å². The van der Waals surface area contributed by atoms with Crippen LogP contribution in [0.5, 0.6) is 0 Å². The molecule has 0 amide bonds. The number of rotatable bonds is 2. The van der Waals surface area contributed by atoms with Gasteiger partial charge >= 0.3 is 5.97 Å². The Balaban J connectivity index is 1.73. The van der Waals surface area contributed by atoms with Crippen molar-refractivity contribution in [1.29, 1.82) is 0 Å². The molecule has 4 aliphatic rings. The van der Waals surface area contributed by atoms with E-state index in [4.69, 9.17) is 4.74 Å². The van der Waals surface area contributed by atoms with Crippen molar-refractivity contribution in [3.05, 3.63) is 11.6 Å². The van der Waals surface area contributed by atoms with E-state index >= 15 is 0 Å². The third-order valence-corrected chi connectivity index (χ3v) is 9.29. The van der Waals surface area contributed by atoms with E-state index in [-0.39, 0.29) is 28.4 Å². The normalized spacial score (nSPS) is 47.5. The van der Waals surface area contributed by atoms with Gasteiger partial charge in [0.1, 0.15) is 0 Å². The number of esters is 1. The highest BCUT2D eigenvalue weighted by Crippen LogP contribution is 2.69. The molecular weight excluding hydrogens is 352 g/mol. The van der Waals surface area contributed by atoms with Gasteiger partial charge in [-0.2, -0.15) is 0 Å². The summed E-state index contributed by atoms with van der Waals surface area (Å²) in [5.74, 6) is 1.82. The molecule has 0 saturated heterocycles. The predicted octanol–water partition coefficient (Wildman–Crippen LogP) is 4.66. The summed E-state index contributed by atoms with van der Waals surface area (Å²) in [5.41, 5.74) is 0.218. The standard InChI is InChI=1S/C24H34O4/c1-14-12-18-19(22(4)9-6-17(27)13-21(14)22)7-10-23(5)20(18)8-11-24(23,15(2)25)28-16(3)26/h13-14,18-20H,6-12H2,1-5H3/t14-,18-,19+,20+,22-,23+,24+/m1/s1. The highest BCUT2D eigenvalue weighted by Gasteiger charge is 2.68. The maximum atomic E-state index is 12.8. The van der Waals surface area contributed by atoms with Crippen LogP contribution in [0.15, 0.2) is 11.6 Å². The molecule has 28 heavy (non-hydrogen) atoms. The Labute approximate surface area is 168 Å². The van der Waals surface area contributed by atoms with E-state index in [9.17, 15) is 14.4 Å². The molecule has 4 aliphatic carbocycles. The van der Waals surface area contributed by atoms with Crippen LogP contribution < -0.4 is 0 Å². The number of Topliss-reactive ketones (excluding diaryl/α,β-unsaturated/α-hetero) is 1. The molecule has 0 aromatic heterocycles. The van der Waals surface area contributed by atoms with E-state index in [1.54, 1.807) is 6.92 Å². The highest BCUT2D eigenvalue weighted by atomic mass is 16.6. The van der Waals surface area contributed by atoms with Crippen molar-refractivity contribution in [1.82, 2.24) is 0 Å². The lowest BCUT2D eigenvalue weighted by Crippen LogP contribution is -2.59. The Morgan fingerprint density at radius 2 is 1.75 bits per heavy atom. The van der Waals surface area contributed by atoms with Gasteiger partial charge in [0, 0.05) is 18.8 Å². The summed E-state index contributed by atoms with van der Waals surface area (Å²) in [6.45, 7) is 9.87. The SMILES string of the molecule is CC(=O)O[C@]1(C(C)=O)CC[C@H]2[C@@H]3C[C@@H](C)C4=CC(=O)CC[C@]4(C)[C@H]3CC[C@@]21C. The fraction of sp³-hybridized carbons (Fsp3) is 0.792. The maximum Gasteiger partial charge on any atom is 0.303 e. The van der Waals surface area contributed by atoms with E-state index in [0.29, 0.717) is 36.5 Å². The highest BCUT2D eigenvalue weighted by molar-refractivity contribution is 5.92. The molecule has 0 radical (unpaired) electrons. The summed E-state index contributed by atoms with van der Waals surface area (Å²) < 4.78 is 5.84. The molecule has 0 spiro atoms. The smallest absolute Gasteiger partial charge is 0.303 e. The zero-order valence-electron chi connectivity index (χ0n) is 18.0. The zero-order valence-corrected chi connectivity index (χ0v) is 18.0. The number of carbonyl (C=O) groups excluding carboxylic acids is 3. The lowest BCUT2D eigenvalue weighted by atomic mass is 9.44. The second-order valence-electron chi connectivity index (χ2n) is 10.5. The summed E-state index contributed by atoms with van der Waals surface area (Å²) in [6, 6.07) is 0. The molecule has 7 atom stereocenters. The topological polar surface area (TPSA) is 60.4 Å². The Morgan fingerprint density at radius 1 is 1.07 bits per heavy atom. The van der Waals surface area contributed by atoms with Crippen LogP contribution in [-0.2, 0) is 19.1 Å². The number of hydrogen-bond acceptors (Lipinski definition) is 4. The molecular formula is C24H34O4. The van der Waals surface area contributed by atoms with Gasteiger partial charge in [0.2, 0.25) is 0 Å². The van der Waals surface area contributed by atoms with Gasteiger partial charge < -0.3 is 4.74 Å². The molecule has 4 nitrogen and oxygen atoms in total. The Hall–Kier alpha value is -1.45. The van der Waals surface area contributed by atoms with Gasteiger partial charge in [0.05, 0.1) is 0 Å². The molecule has 3 saturated carbocycles. The Bertz CT molecular complexity index is 767. The van der Waals surface area contributed by atoms with Crippen LogP contribution in [0.3, 0.4) is 0 Å². The third kappa shape index (κ3) is 2.45. The van der Waals surface area contributed by atoms with Crippen molar-refractivity contribution in [2.24, 2.45) is 34.5 Å². The molecule has 0 heterocycles. The number of fused-ring (bicyclic) bond motifs is 5. The van der Waals surface area contributed by atoms with E-state index in [0.717, 1.165) is 32.1 Å². The van der Waals surface area contributed by atoms with Crippen LogP contribution >= 0.6 is 0 Å². The minimum atomic E-state index is -0.961. The van der Waals surface area contributed by atoms with Crippen molar-refractivity contribution < 1.29 is 19.1 Å². The molecule has 0 bridgehead atoms. The number of allylic oxidation sites excluding steroid dienone is 1. The van der Waals surface area contributed by atoms with Crippen molar-refractivity contribution in [3.8, 4) is 0 Å². The number of ketones is 2. The molecule has 0 unspecified atom stereocenters. The molecule has 0 N–H and O–H groups in total. The first kappa shape index (κ1) is 19.8. The molecule has 4 heteroatoms. The van der Waals surface area contributed by atoms with Crippen LogP contribution in [0.1, 0.15) is 79.6 Å². The van der Waals surface area contributed by atoms with Crippen molar-refractivity contribution in [2.75, 3.05) is 0 Å². The van der Waals surface area contributed by atoms with Crippen molar-refractivity contribution >= 4 is 17.5 Å². The average molecular weight is 387 g/mol. The zero-order chi connectivity index (χ0) is 20.5. The maximum absolute atomic E-state index is 12.8. The summed E-state index contributed by atoms with van der Waals surface area (Å²) >= 11 is 0. The van der Waals surface area contributed by atoms with Crippen LogP contribution in [0.2, 0.25) is 0 Å². The van der Waals surface area contributed by atoms with E-state index in [1.807, 2.05) is 6.08 Å². The first-order valence-electron chi connectivity index (χ1n) is 11.0. The first-order valence-corrected chi connectivity index (χ1v) is 11.0. The van der Waals surface area contributed by atoms with Crippen LogP contribution in [0.4, 0.5) is 0 Å². The molecule has 154 valence electrons. The Morgan fingerprint density at radius 3 is 2.39 bits per heavy atom. The average Bonchev–Trinajstić information content (AvgIpc) is 2.90. The summed E-state index contributed by atoms with van der Waals surface area (Å²) in [5, 5.41) is 0.